The molecule has 0 aromatic heterocycles. The van der Waals surface area contributed by atoms with Crippen LogP contribution in [0.3, 0.4) is 0 Å². The van der Waals surface area contributed by atoms with Crippen molar-refractivity contribution in [3.05, 3.63) is 29.8 Å². The summed E-state index contributed by atoms with van der Waals surface area (Å²) < 4.78 is 5.12. The SMILES string of the molecule is COc1ccc(CN(C)CC(O)C2CC2)cc1. The highest BCUT2D eigenvalue weighted by atomic mass is 16.5. The van der Waals surface area contributed by atoms with Crippen molar-refractivity contribution in [1.82, 2.24) is 4.90 Å². The molecule has 0 bridgehead atoms. The Morgan fingerprint density at radius 1 is 1.35 bits per heavy atom. The van der Waals surface area contributed by atoms with Crippen LogP contribution in [-0.2, 0) is 6.54 Å². The van der Waals surface area contributed by atoms with Gasteiger partial charge in [0, 0.05) is 13.1 Å². The van der Waals surface area contributed by atoms with Gasteiger partial charge in [-0.25, -0.2) is 0 Å². The quantitative estimate of drug-likeness (QED) is 0.817. The second-order valence-electron chi connectivity index (χ2n) is 4.95. The number of aliphatic hydroxyl groups is 1. The van der Waals surface area contributed by atoms with Gasteiger partial charge in [0.25, 0.3) is 0 Å². The van der Waals surface area contributed by atoms with Gasteiger partial charge in [-0.2, -0.15) is 0 Å². The fourth-order valence-corrected chi connectivity index (χ4v) is 2.06. The van der Waals surface area contributed by atoms with E-state index >= 15 is 0 Å². The van der Waals surface area contributed by atoms with E-state index in [2.05, 4.69) is 24.1 Å². The van der Waals surface area contributed by atoms with E-state index in [-0.39, 0.29) is 6.10 Å². The topological polar surface area (TPSA) is 32.7 Å². The predicted octanol–water partition coefficient (Wildman–Crippen LogP) is 1.90. The Labute approximate surface area is 103 Å². The second-order valence-corrected chi connectivity index (χ2v) is 4.95. The smallest absolute Gasteiger partial charge is 0.118 e. The van der Waals surface area contributed by atoms with E-state index in [9.17, 15) is 5.11 Å². The minimum absolute atomic E-state index is 0.154. The van der Waals surface area contributed by atoms with Gasteiger partial charge >= 0.3 is 0 Å². The van der Waals surface area contributed by atoms with E-state index in [4.69, 9.17) is 4.74 Å². The minimum Gasteiger partial charge on any atom is -0.497 e. The Bertz CT molecular complexity index is 346. The summed E-state index contributed by atoms with van der Waals surface area (Å²) in [6.45, 7) is 1.63. The zero-order valence-corrected chi connectivity index (χ0v) is 10.6. The van der Waals surface area contributed by atoms with Crippen molar-refractivity contribution >= 4 is 0 Å². The fourth-order valence-electron chi connectivity index (χ4n) is 2.06. The Morgan fingerprint density at radius 2 is 2.00 bits per heavy atom. The lowest BCUT2D eigenvalue weighted by molar-refractivity contribution is 0.104. The van der Waals surface area contributed by atoms with Gasteiger partial charge in [0.1, 0.15) is 5.75 Å². The molecule has 3 heteroatoms. The van der Waals surface area contributed by atoms with Crippen molar-refractivity contribution < 1.29 is 9.84 Å². The monoisotopic (exact) mass is 235 g/mol. The Balaban J connectivity index is 1.81. The van der Waals surface area contributed by atoms with Crippen LogP contribution in [-0.4, -0.2) is 36.8 Å². The zero-order valence-electron chi connectivity index (χ0n) is 10.6. The van der Waals surface area contributed by atoms with Crippen molar-refractivity contribution in [2.24, 2.45) is 5.92 Å². The minimum atomic E-state index is -0.154. The van der Waals surface area contributed by atoms with Gasteiger partial charge in [-0.1, -0.05) is 12.1 Å². The van der Waals surface area contributed by atoms with Crippen molar-refractivity contribution in [3.8, 4) is 5.75 Å². The van der Waals surface area contributed by atoms with Crippen LogP contribution in [0.5, 0.6) is 5.75 Å². The number of benzene rings is 1. The van der Waals surface area contributed by atoms with Gasteiger partial charge in [-0.15, -0.1) is 0 Å². The van der Waals surface area contributed by atoms with Gasteiger partial charge in [0.15, 0.2) is 0 Å². The normalized spacial score (nSPS) is 17.2. The Hall–Kier alpha value is -1.06. The molecule has 1 aromatic carbocycles. The molecule has 1 unspecified atom stereocenters. The van der Waals surface area contributed by atoms with Crippen LogP contribution < -0.4 is 4.74 Å². The van der Waals surface area contributed by atoms with Gasteiger partial charge < -0.3 is 9.84 Å². The van der Waals surface area contributed by atoms with Crippen LogP contribution in [0.2, 0.25) is 0 Å². The van der Waals surface area contributed by atoms with E-state index in [0.29, 0.717) is 5.92 Å². The van der Waals surface area contributed by atoms with Crippen molar-refractivity contribution in [2.75, 3.05) is 20.7 Å². The number of ether oxygens (including phenoxy) is 1. The van der Waals surface area contributed by atoms with E-state index in [0.717, 1.165) is 18.8 Å². The number of nitrogens with zero attached hydrogens (tertiary/aromatic N) is 1. The van der Waals surface area contributed by atoms with Gasteiger partial charge in [0.05, 0.1) is 13.2 Å². The lowest BCUT2D eigenvalue weighted by Crippen LogP contribution is -2.30. The Morgan fingerprint density at radius 3 is 2.53 bits per heavy atom. The summed E-state index contributed by atoms with van der Waals surface area (Å²) in [5.41, 5.74) is 1.25. The standard InChI is InChI=1S/C14H21NO2/c1-15(10-14(16)12-5-6-12)9-11-3-7-13(17-2)8-4-11/h3-4,7-8,12,14,16H,5-6,9-10H2,1-2H3. The zero-order chi connectivity index (χ0) is 12.3. The van der Waals surface area contributed by atoms with Crippen molar-refractivity contribution in [3.63, 3.8) is 0 Å². The molecule has 17 heavy (non-hydrogen) atoms. The first-order valence-electron chi connectivity index (χ1n) is 6.18. The van der Waals surface area contributed by atoms with Crippen LogP contribution in [0.1, 0.15) is 18.4 Å². The van der Waals surface area contributed by atoms with Gasteiger partial charge in [-0.05, 0) is 43.5 Å². The molecule has 0 aliphatic heterocycles. The fraction of sp³-hybridized carbons (Fsp3) is 0.571. The van der Waals surface area contributed by atoms with Crippen LogP contribution in [0.15, 0.2) is 24.3 Å². The average molecular weight is 235 g/mol. The summed E-state index contributed by atoms with van der Waals surface area (Å²) >= 11 is 0. The van der Waals surface area contributed by atoms with Crippen LogP contribution in [0, 0.1) is 5.92 Å². The van der Waals surface area contributed by atoms with E-state index in [1.54, 1.807) is 7.11 Å². The molecular formula is C14H21NO2. The maximum atomic E-state index is 9.86. The molecule has 0 heterocycles. The molecule has 1 saturated carbocycles. The predicted molar refractivity (Wildman–Crippen MR) is 68.1 cm³/mol. The highest BCUT2D eigenvalue weighted by molar-refractivity contribution is 5.27. The third-order valence-electron chi connectivity index (χ3n) is 3.28. The van der Waals surface area contributed by atoms with Crippen molar-refractivity contribution in [2.45, 2.75) is 25.5 Å². The molecule has 1 aromatic rings. The summed E-state index contributed by atoms with van der Waals surface area (Å²) in [5.74, 6) is 1.43. The molecule has 2 rings (SSSR count). The van der Waals surface area contributed by atoms with Crippen LogP contribution in [0.25, 0.3) is 0 Å². The average Bonchev–Trinajstić information content (AvgIpc) is 3.13. The third-order valence-corrected chi connectivity index (χ3v) is 3.28. The number of rotatable bonds is 6. The van der Waals surface area contributed by atoms with Gasteiger partial charge in [0.2, 0.25) is 0 Å². The van der Waals surface area contributed by atoms with Crippen molar-refractivity contribution in [1.29, 1.82) is 0 Å². The maximum Gasteiger partial charge on any atom is 0.118 e. The molecule has 1 aliphatic carbocycles. The molecule has 0 radical (unpaired) electrons. The number of likely N-dealkylation sites (N-methyl/N-ethyl adjacent to an activating group) is 1. The molecule has 0 saturated heterocycles. The van der Waals surface area contributed by atoms with Crippen LogP contribution >= 0.6 is 0 Å². The summed E-state index contributed by atoms with van der Waals surface area (Å²) in [5, 5.41) is 9.86. The number of methoxy groups -OCH3 is 1. The molecule has 1 N–H and O–H groups in total. The molecule has 94 valence electrons. The summed E-state index contributed by atoms with van der Waals surface area (Å²) in [6.07, 6.45) is 2.23. The molecule has 1 fully saturated rings. The largest absolute Gasteiger partial charge is 0.497 e. The summed E-state index contributed by atoms with van der Waals surface area (Å²) in [6, 6.07) is 8.08. The second kappa shape index (κ2) is 5.52. The van der Waals surface area contributed by atoms with Gasteiger partial charge in [-0.3, -0.25) is 4.90 Å². The lowest BCUT2D eigenvalue weighted by atomic mass is 10.2. The third kappa shape index (κ3) is 3.72. The van der Waals surface area contributed by atoms with E-state index in [1.807, 2.05) is 12.1 Å². The first kappa shape index (κ1) is 12.4. The highest BCUT2D eigenvalue weighted by Gasteiger charge is 2.30. The summed E-state index contributed by atoms with van der Waals surface area (Å²) in [4.78, 5) is 2.17. The molecule has 0 amide bonds. The molecule has 0 spiro atoms. The molecule has 1 aliphatic rings. The summed E-state index contributed by atoms with van der Waals surface area (Å²) in [7, 11) is 3.73. The maximum absolute atomic E-state index is 9.86. The lowest BCUT2D eigenvalue weighted by Gasteiger charge is -2.20. The first-order valence-corrected chi connectivity index (χ1v) is 6.18. The number of hydrogen-bond acceptors (Lipinski definition) is 3. The number of aliphatic hydroxyl groups excluding tert-OH is 1. The highest BCUT2D eigenvalue weighted by Crippen LogP contribution is 2.32. The van der Waals surface area contributed by atoms with E-state index in [1.165, 1.54) is 18.4 Å². The number of hydrogen-bond donors (Lipinski definition) is 1. The molecule has 3 nitrogen and oxygen atoms in total. The van der Waals surface area contributed by atoms with E-state index < -0.39 is 0 Å². The van der Waals surface area contributed by atoms with Crippen LogP contribution in [0.4, 0.5) is 0 Å². The Kier molecular flexibility index (Phi) is 4.02. The molecular weight excluding hydrogens is 214 g/mol. The first-order chi connectivity index (χ1) is 8.19. The molecule has 1 atom stereocenters.